The minimum Gasteiger partial charge on any atom is -0.370 e. The summed E-state index contributed by atoms with van der Waals surface area (Å²) in [4.78, 5) is 18.4. The van der Waals surface area contributed by atoms with Crippen LogP contribution in [0, 0.1) is 0 Å². The minimum atomic E-state index is -2.97. The molecule has 0 bridgehead atoms. The van der Waals surface area contributed by atoms with Crippen LogP contribution in [0.1, 0.15) is 16.9 Å². The molecule has 6 nitrogen and oxygen atoms in total. The van der Waals surface area contributed by atoms with Crippen LogP contribution in [0.2, 0.25) is 5.02 Å². The smallest absolute Gasteiger partial charge is 0.274 e. The zero-order valence-electron chi connectivity index (χ0n) is 13.6. The minimum absolute atomic E-state index is 0.0868. The normalized spacial score (nSPS) is 18.7. The van der Waals surface area contributed by atoms with E-state index >= 15 is 0 Å². The molecule has 2 heterocycles. The molecule has 3 rings (SSSR count). The molecule has 1 unspecified atom stereocenters. The SMILES string of the molecule is CN(c1ccnc(C(=O)Nc2cccc(Cl)c2)c1)C1CCS(=O)(=O)C1. The molecule has 1 saturated heterocycles. The highest BCUT2D eigenvalue weighted by Crippen LogP contribution is 2.23. The van der Waals surface area contributed by atoms with Gasteiger partial charge < -0.3 is 10.2 Å². The summed E-state index contributed by atoms with van der Waals surface area (Å²) >= 11 is 5.91. The van der Waals surface area contributed by atoms with Crippen molar-refractivity contribution in [3.8, 4) is 0 Å². The monoisotopic (exact) mass is 379 g/mol. The lowest BCUT2D eigenvalue weighted by molar-refractivity contribution is 0.102. The Hall–Kier alpha value is -2.12. The van der Waals surface area contributed by atoms with Gasteiger partial charge in [0.05, 0.1) is 11.5 Å². The summed E-state index contributed by atoms with van der Waals surface area (Å²) in [5.74, 6) is -0.0120. The number of halogens is 1. The number of rotatable bonds is 4. The third-order valence-electron chi connectivity index (χ3n) is 4.22. The van der Waals surface area contributed by atoms with E-state index in [2.05, 4.69) is 10.3 Å². The molecule has 1 aromatic carbocycles. The molecule has 1 aliphatic rings. The van der Waals surface area contributed by atoms with Gasteiger partial charge in [-0.3, -0.25) is 9.78 Å². The first kappa shape index (κ1) is 17.7. The Bertz CT molecular complexity index is 902. The summed E-state index contributed by atoms with van der Waals surface area (Å²) in [6.07, 6.45) is 2.13. The number of benzene rings is 1. The molecule has 1 N–H and O–H groups in total. The molecular formula is C17H18ClN3O3S. The van der Waals surface area contributed by atoms with Crippen molar-refractivity contribution in [3.63, 3.8) is 0 Å². The lowest BCUT2D eigenvalue weighted by Crippen LogP contribution is -2.32. The van der Waals surface area contributed by atoms with Gasteiger partial charge >= 0.3 is 0 Å². The van der Waals surface area contributed by atoms with Crippen LogP contribution < -0.4 is 10.2 Å². The summed E-state index contributed by atoms with van der Waals surface area (Å²) in [5, 5.41) is 3.28. The van der Waals surface area contributed by atoms with E-state index in [1.54, 1.807) is 42.6 Å². The molecule has 2 aromatic rings. The highest BCUT2D eigenvalue weighted by molar-refractivity contribution is 7.91. The molecule has 0 spiro atoms. The summed E-state index contributed by atoms with van der Waals surface area (Å²) in [6, 6.07) is 10.2. The molecule has 0 aliphatic carbocycles. The fourth-order valence-corrected chi connectivity index (χ4v) is 4.78. The second-order valence-electron chi connectivity index (χ2n) is 6.03. The number of carbonyl (C=O) groups excluding carboxylic acids is 1. The molecular weight excluding hydrogens is 362 g/mol. The quantitative estimate of drug-likeness (QED) is 0.883. The highest BCUT2D eigenvalue weighted by atomic mass is 35.5. The molecule has 0 radical (unpaired) electrons. The van der Waals surface area contributed by atoms with Gasteiger partial charge in [-0.2, -0.15) is 0 Å². The summed E-state index contributed by atoms with van der Waals surface area (Å²) in [5.41, 5.74) is 1.60. The van der Waals surface area contributed by atoms with Gasteiger partial charge in [0.25, 0.3) is 5.91 Å². The topological polar surface area (TPSA) is 79.4 Å². The van der Waals surface area contributed by atoms with E-state index in [0.717, 1.165) is 5.69 Å². The zero-order chi connectivity index (χ0) is 18.0. The second kappa shape index (κ2) is 7.01. The Balaban J connectivity index is 1.76. The number of sulfone groups is 1. The number of anilines is 2. The number of carbonyl (C=O) groups is 1. The van der Waals surface area contributed by atoms with Gasteiger partial charge in [0, 0.05) is 35.7 Å². The molecule has 1 fully saturated rings. The number of aromatic nitrogens is 1. The van der Waals surface area contributed by atoms with Gasteiger partial charge in [-0.25, -0.2) is 8.42 Å². The fourth-order valence-electron chi connectivity index (χ4n) is 2.82. The van der Waals surface area contributed by atoms with Crippen LogP contribution in [0.25, 0.3) is 0 Å². The molecule has 0 saturated carbocycles. The maximum absolute atomic E-state index is 12.4. The maximum atomic E-state index is 12.4. The van der Waals surface area contributed by atoms with Crippen LogP contribution in [0.15, 0.2) is 42.6 Å². The van der Waals surface area contributed by atoms with E-state index < -0.39 is 9.84 Å². The Labute approximate surface area is 151 Å². The van der Waals surface area contributed by atoms with Crippen LogP contribution >= 0.6 is 11.6 Å². The molecule has 1 aromatic heterocycles. The van der Waals surface area contributed by atoms with Crippen LogP contribution in [0.4, 0.5) is 11.4 Å². The van der Waals surface area contributed by atoms with Gasteiger partial charge in [0.2, 0.25) is 0 Å². The second-order valence-corrected chi connectivity index (χ2v) is 8.70. The predicted molar refractivity (Wildman–Crippen MR) is 99.1 cm³/mol. The average Bonchev–Trinajstić information content (AvgIpc) is 2.94. The van der Waals surface area contributed by atoms with Crippen molar-refractivity contribution >= 4 is 38.7 Å². The van der Waals surface area contributed by atoms with E-state index in [9.17, 15) is 13.2 Å². The van der Waals surface area contributed by atoms with E-state index in [1.807, 2.05) is 11.9 Å². The molecule has 1 aliphatic heterocycles. The molecule has 25 heavy (non-hydrogen) atoms. The van der Waals surface area contributed by atoms with Crippen molar-refractivity contribution in [1.29, 1.82) is 0 Å². The van der Waals surface area contributed by atoms with Crippen molar-refractivity contribution in [3.05, 3.63) is 53.3 Å². The van der Waals surface area contributed by atoms with E-state index in [0.29, 0.717) is 17.1 Å². The van der Waals surface area contributed by atoms with E-state index in [1.165, 1.54) is 0 Å². The van der Waals surface area contributed by atoms with Crippen LogP contribution in [-0.2, 0) is 9.84 Å². The maximum Gasteiger partial charge on any atom is 0.274 e. The van der Waals surface area contributed by atoms with Crippen molar-refractivity contribution in [2.75, 3.05) is 28.8 Å². The lowest BCUT2D eigenvalue weighted by Gasteiger charge is -2.25. The first-order valence-corrected chi connectivity index (χ1v) is 10.0. The number of hydrogen-bond acceptors (Lipinski definition) is 5. The lowest BCUT2D eigenvalue weighted by atomic mass is 10.2. The molecule has 1 atom stereocenters. The van der Waals surface area contributed by atoms with E-state index in [-0.39, 0.29) is 29.1 Å². The number of amides is 1. The average molecular weight is 380 g/mol. The number of nitrogens with one attached hydrogen (secondary N) is 1. The zero-order valence-corrected chi connectivity index (χ0v) is 15.2. The van der Waals surface area contributed by atoms with Crippen LogP contribution in [0.5, 0.6) is 0 Å². The Morgan fingerprint density at radius 2 is 2.12 bits per heavy atom. The molecule has 132 valence electrons. The van der Waals surface area contributed by atoms with Crippen LogP contribution in [-0.4, -0.2) is 43.9 Å². The van der Waals surface area contributed by atoms with Gasteiger partial charge in [-0.15, -0.1) is 0 Å². The van der Waals surface area contributed by atoms with Gasteiger partial charge in [0.15, 0.2) is 9.84 Å². The fraction of sp³-hybridized carbons (Fsp3) is 0.294. The largest absolute Gasteiger partial charge is 0.370 e. The Morgan fingerprint density at radius 1 is 1.32 bits per heavy atom. The first-order chi connectivity index (χ1) is 11.8. The van der Waals surface area contributed by atoms with Crippen molar-refractivity contribution in [2.45, 2.75) is 12.5 Å². The third kappa shape index (κ3) is 4.29. The number of nitrogens with zero attached hydrogens (tertiary/aromatic N) is 2. The van der Waals surface area contributed by atoms with Gasteiger partial charge in [0.1, 0.15) is 5.69 Å². The van der Waals surface area contributed by atoms with Crippen molar-refractivity contribution < 1.29 is 13.2 Å². The summed E-state index contributed by atoms with van der Waals surface area (Å²) in [7, 11) is -1.14. The van der Waals surface area contributed by atoms with Crippen molar-refractivity contribution in [2.24, 2.45) is 0 Å². The Morgan fingerprint density at radius 3 is 2.80 bits per heavy atom. The third-order valence-corrected chi connectivity index (χ3v) is 6.21. The van der Waals surface area contributed by atoms with Gasteiger partial charge in [-0.05, 0) is 36.8 Å². The Kier molecular flexibility index (Phi) is 4.96. The highest BCUT2D eigenvalue weighted by Gasteiger charge is 2.31. The number of pyridine rings is 1. The van der Waals surface area contributed by atoms with E-state index in [4.69, 9.17) is 11.6 Å². The number of hydrogen-bond donors (Lipinski definition) is 1. The summed E-state index contributed by atoms with van der Waals surface area (Å²) in [6.45, 7) is 0. The first-order valence-electron chi connectivity index (χ1n) is 7.80. The predicted octanol–water partition coefficient (Wildman–Crippen LogP) is 2.61. The van der Waals surface area contributed by atoms with Gasteiger partial charge in [-0.1, -0.05) is 17.7 Å². The van der Waals surface area contributed by atoms with Crippen LogP contribution in [0.3, 0.4) is 0 Å². The summed E-state index contributed by atoms with van der Waals surface area (Å²) < 4.78 is 23.3. The van der Waals surface area contributed by atoms with Crippen molar-refractivity contribution in [1.82, 2.24) is 4.98 Å². The molecule has 8 heteroatoms. The standard InChI is InChI=1S/C17H18ClN3O3S/c1-21(15-6-8-25(23,24)11-15)14-5-7-19-16(10-14)17(22)20-13-4-2-3-12(18)9-13/h2-5,7,9-10,15H,6,8,11H2,1H3,(H,20,22). The molecule has 1 amide bonds.